The maximum absolute atomic E-state index is 12.2. The SMILES string of the molecule is O=C1c2cccc(O)c2C(=O)N1c1ccccc1O. The lowest BCUT2D eigenvalue weighted by Crippen LogP contribution is -2.29. The number of nitrogens with zero attached hydrogens (tertiary/aromatic N) is 1. The molecule has 0 radical (unpaired) electrons. The summed E-state index contributed by atoms with van der Waals surface area (Å²) < 4.78 is 0. The van der Waals surface area contributed by atoms with Gasteiger partial charge in [0.15, 0.2) is 0 Å². The molecule has 0 unspecified atom stereocenters. The molecule has 0 aliphatic carbocycles. The van der Waals surface area contributed by atoms with Crippen molar-refractivity contribution >= 4 is 17.5 Å². The van der Waals surface area contributed by atoms with E-state index in [9.17, 15) is 19.8 Å². The van der Waals surface area contributed by atoms with Crippen LogP contribution >= 0.6 is 0 Å². The molecule has 2 amide bonds. The summed E-state index contributed by atoms with van der Waals surface area (Å²) in [5.74, 6) is -1.61. The molecule has 0 bridgehead atoms. The lowest BCUT2D eigenvalue weighted by Gasteiger charge is -2.14. The third-order valence-electron chi connectivity index (χ3n) is 3.02. The molecule has 1 heterocycles. The van der Waals surface area contributed by atoms with Crippen molar-refractivity contribution in [2.45, 2.75) is 0 Å². The van der Waals surface area contributed by atoms with E-state index < -0.39 is 11.8 Å². The second kappa shape index (κ2) is 3.84. The zero-order valence-corrected chi connectivity index (χ0v) is 9.70. The molecular formula is C14H9NO4. The standard InChI is InChI=1S/C14H9NO4/c16-10-6-2-1-5-9(10)15-13(18)8-4-3-7-11(17)12(8)14(15)19/h1-7,16-17H. The fraction of sp³-hybridized carbons (Fsp3) is 0. The Hall–Kier alpha value is -2.82. The van der Waals surface area contributed by atoms with Gasteiger partial charge in [0, 0.05) is 0 Å². The first-order valence-electron chi connectivity index (χ1n) is 5.60. The van der Waals surface area contributed by atoms with Crippen molar-refractivity contribution in [1.82, 2.24) is 0 Å². The van der Waals surface area contributed by atoms with Gasteiger partial charge in [-0.05, 0) is 24.3 Å². The van der Waals surface area contributed by atoms with Crippen molar-refractivity contribution in [2.24, 2.45) is 0 Å². The molecule has 5 nitrogen and oxygen atoms in total. The highest BCUT2D eigenvalue weighted by atomic mass is 16.3. The van der Waals surface area contributed by atoms with E-state index in [0.29, 0.717) is 0 Å². The number of phenolic OH excluding ortho intramolecular Hbond substituents is 2. The van der Waals surface area contributed by atoms with Crippen LogP contribution in [0.3, 0.4) is 0 Å². The Labute approximate surface area is 108 Å². The van der Waals surface area contributed by atoms with E-state index in [4.69, 9.17) is 0 Å². The molecule has 2 aromatic rings. The first-order chi connectivity index (χ1) is 9.11. The van der Waals surface area contributed by atoms with Crippen LogP contribution in [0.4, 0.5) is 5.69 Å². The fourth-order valence-corrected chi connectivity index (χ4v) is 2.14. The maximum atomic E-state index is 12.2. The predicted molar refractivity (Wildman–Crippen MR) is 67.4 cm³/mol. The Morgan fingerprint density at radius 1 is 0.789 bits per heavy atom. The van der Waals surface area contributed by atoms with Crippen molar-refractivity contribution in [1.29, 1.82) is 0 Å². The van der Waals surface area contributed by atoms with E-state index in [1.165, 1.54) is 30.3 Å². The van der Waals surface area contributed by atoms with Crippen LogP contribution in [-0.2, 0) is 0 Å². The van der Waals surface area contributed by atoms with Crippen molar-refractivity contribution in [3.63, 3.8) is 0 Å². The van der Waals surface area contributed by atoms with Crippen molar-refractivity contribution < 1.29 is 19.8 Å². The molecule has 0 saturated carbocycles. The third kappa shape index (κ3) is 1.48. The number of fused-ring (bicyclic) bond motifs is 1. The average molecular weight is 255 g/mol. The summed E-state index contributed by atoms with van der Waals surface area (Å²) in [6.45, 7) is 0. The molecule has 0 atom stereocenters. The second-order valence-corrected chi connectivity index (χ2v) is 4.13. The summed E-state index contributed by atoms with van der Waals surface area (Å²) in [5.41, 5.74) is 0.206. The number of phenols is 2. The van der Waals surface area contributed by atoms with E-state index >= 15 is 0 Å². The van der Waals surface area contributed by atoms with Gasteiger partial charge in [0.1, 0.15) is 11.5 Å². The van der Waals surface area contributed by atoms with E-state index in [-0.39, 0.29) is 28.3 Å². The van der Waals surface area contributed by atoms with Gasteiger partial charge in [-0.2, -0.15) is 0 Å². The van der Waals surface area contributed by atoms with E-state index in [2.05, 4.69) is 0 Å². The zero-order valence-electron chi connectivity index (χ0n) is 9.70. The van der Waals surface area contributed by atoms with Gasteiger partial charge in [-0.1, -0.05) is 18.2 Å². The molecule has 0 aromatic heterocycles. The smallest absolute Gasteiger partial charge is 0.270 e. The first kappa shape index (κ1) is 11.3. The first-order valence-corrected chi connectivity index (χ1v) is 5.60. The molecule has 0 saturated heterocycles. The number of rotatable bonds is 1. The van der Waals surface area contributed by atoms with Crippen LogP contribution in [0.1, 0.15) is 20.7 Å². The summed E-state index contributed by atoms with van der Waals surface area (Å²) in [4.78, 5) is 25.3. The van der Waals surface area contributed by atoms with E-state index in [1.807, 2.05) is 0 Å². The zero-order chi connectivity index (χ0) is 13.6. The summed E-state index contributed by atoms with van der Waals surface area (Å²) in [6.07, 6.45) is 0. The highest BCUT2D eigenvalue weighted by molar-refractivity contribution is 6.35. The minimum Gasteiger partial charge on any atom is -0.507 e. The van der Waals surface area contributed by atoms with Crippen LogP contribution in [0.5, 0.6) is 11.5 Å². The number of benzene rings is 2. The van der Waals surface area contributed by atoms with Crippen LogP contribution in [0.2, 0.25) is 0 Å². The van der Waals surface area contributed by atoms with Crippen LogP contribution < -0.4 is 4.90 Å². The quantitative estimate of drug-likeness (QED) is 0.763. The average Bonchev–Trinajstić information content (AvgIpc) is 2.64. The largest absolute Gasteiger partial charge is 0.507 e. The molecular weight excluding hydrogens is 246 g/mol. The van der Waals surface area contributed by atoms with Crippen molar-refractivity contribution in [2.75, 3.05) is 4.90 Å². The summed E-state index contributed by atoms with van der Waals surface area (Å²) in [6, 6.07) is 10.4. The van der Waals surface area contributed by atoms with Crippen molar-refractivity contribution in [3.05, 3.63) is 53.6 Å². The van der Waals surface area contributed by atoms with Gasteiger partial charge in [-0.15, -0.1) is 0 Å². The second-order valence-electron chi connectivity index (χ2n) is 4.13. The van der Waals surface area contributed by atoms with Crippen LogP contribution in [-0.4, -0.2) is 22.0 Å². The molecule has 1 aliphatic rings. The number of imide groups is 1. The van der Waals surface area contributed by atoms with Gasteiger partial charge in [0.05, 0.1) is 16.8 Å². The van der Waals surface area contributed by atoms with Gasteiger partial charge in [-0.3, -0.25) is 9.59 Å². The summed E-state index contributed by atoms with van der Waals surface area (Å²) in [7, 11) is 0. The van der Waals surface area contributed by atoms with Gasteiger partial charge in [-0.25, -0.2) is 4.90 Å². The van der Waals surface area contributed by atoms with Gasteiger partial charge in [0.2, 0.25) is 0 Å². The van der Waals surface area contributed by atoms with E-state index in [0.717, 1.165) is 4.90 Å². The molecule has 3 rings (SSSR count). The number of hydrogen-bond acceptors (Lipinski definition) is 4. The van der Waals surface area contributed by atoms with Crippen molar-refractivity contribution in [3.8, 4) is 11.5 Å². The fourth-order valence-electron chi connectivity index (χ4n) is 2.14. The topological polar surface area (TPSA) is 77.8 Å². The Kier molecular flexibility index (Phi) is 2.28. The Balaban J connectivity index is 2.19. The van der Waals surface area contributed by atoms with Gasteiger partial charge < -0.3 is 10.2 Å². The molecule has 2 N–H and O–H groups in total. The number of hydrogen-bond donors (Lipinski definition) is 2. The lowest BCUT2D eigenvalue weighted by molar-refractivity contribution is 0.0924. The molecule has 94 valence electrons. The highest BCUT2D eigenvalue weighted by Crippen LogP contribution is 2.36. The lowest BCUT2D eigenvalue weighted by atomic mass is 10.1. The normalized spacial score (nSPS) is 13.8. The monoisotopic (exact) mass is 255 g/mol. The number of aromatic hydroxyl groups is 2. The number of amides is 2. The Morgan fingerprint density at radius 2 is 1.47 bits per heavy atom. The minimum atomic E-state index is -0.639. The van der Waals surface area contributed by atoms with Crippen LogP contribution in [0.15, 0.2) is 42.5 Å². The minimum absolute atomic E-state index is 0.0317. The summed E-state index contributed by atoms with van der Waals surface area (Å²) in [5, 5.41) is 19.4. The van der Waals surface area contributed by atoms with Crippen LogP contribution in [0.25, 0.3) is 0 Å². The van der Waals surface area contributed by atoms with E-state index in [1.54, 1.807) is 12.1 Å². The number of anilines is 1. The number of carbonyl (C=O) groups excluding carboxylic acids is 2. The molecule has 2 aromatic carbocycles. The summed E-state index contributed by atoms with van der Waals surface area (Å²) >= 11 is 0. The van der Waals surface area contributed by atoms with Crippen LogP contribution in [0, 0.1) is 0 Å². The molecule has 1 aliphatic heterocycles. The molecule has 5 heteroatoms. The number of para-hydroxylation sites is 2. The van der Waals surface area contributed by atoms with Gasteiger partial charge in [0.25, 0.3) is 11.8 Å². The Bertz CT molecular complexity index is 708. The molecule has 0 fully saturated rings. The maximum Gasteiger partial charge on any atom is 0.270 e. The number of carbonyl (C=O) groups is 2. The highest BCUT2D eigenvalue weighted by Gasteiger charge is 2.39. The third-order valence-corrected chi connectivity index (χ3v) is 3.02. The molecule has 19 heavy (non-hydrogen) atoms. The molecule has 0 spiro atoms. The van der Waals surface area contributed by atoms with Gasteiger partial charge >= 0.3 is 0 Å². The predicted octanol–water partition coefficient (Wildman–Crippen LogP) is 1.90. The Morgan fingerprint density at radius 3 is 2.16 bits per heavy atom.